The van der Waals surface area contributed by atoms with E-state index in [1.807, 2.05) is 19.1 Å². The van der Waals surface area contributed by atoms with Crippen LogP contribution >= 0.6 is 11.6 Å². The molecule has 1 aromatic carbocycles. The monoisotopic (exact) mass is 337 g/mol. The minimum absolute atomic E-state index is 0.210. The van der Waals surface area contributed by atoms with E-state index in [-0.39, 0.29) is 18.3 Å². The maximum Gasteiger partial charge on any atom is 0.286 e. The van der Waals surface area contributed by atoms with E-state index in [0.29, 0.717) is 36.3 Å². The van der Waals surface area contributed by atoms with Gasteiger partial charge in [0, 0.05) is 19.8 Å². The maximum atomic E-state index is 11.9. The summed E-state index contributed by atoms with van der Waals surface area (Å²) >= 11 is 6.01. The number of hydrogen-bond acceptors (Lipinski definition) is 4. The molecular formula is C17H20ClNO4. The predicted molar refractivity (Wildman–Crippen MR) is 87.9 cm³/mol. The molecule has 0 aliphatic rings. The third kappa shape index (κ3) is 5.62. The number of benzene rings is 1. The quantitative estimate of drug-likeness (QED) is 0.709. The average Bonchev–Trinajstić information content (AvgIpc) is 3.03. The third-order valence-corrected chi connectivity index (χ3v) is 3.36. The summed E-state index contributed by atoms with van der Waals surface area (Å²) in [4.78, 5) is 11.9. The second-order valence-corrected chi connectivity index (χ2v) is 5.20. The van der Waals surface area contributed by atoms with Crippen LogP contribution in [0.1, 0.15) is 29.7 Å². The van der Waals surface area contributed by atoms with Crippen LogP contribution in [0, 0.1) is 0 Å². The van der Waals surface area contributed by atoms with Crippen molar-refractivity contribution >= 4 is 17.5 Å². The van der Waals surface area contributed by atoms with Crippen LogP contribution in [-0.4, -0.2) is 25.7 Å². The summed E-state index contributed by atoms with van der Waals surface area (Å²) in [7, 11) is 0. The molecule has 2 aromatic rings. The zero-order chi connectivity index (χ0) is 16.5. The number of furan rings is 1. The van der Waals surface area contributed by atoms with Gasteiger partial charge in [0.1, 0.15) is 18.1 Å². The first-order valence-electron chi connectivity index (χ1n) is 7.52. The molecule has 0 radical (unpaired) electrons. The molecule has 6 heteroatoms. The standard InChI is InChI=1S/C17H20ClNO4/c1-2-21-11-5-10-19-17(20)16-9-8-13(23-16)12-22-15-7-4-3-6-14(15)18/h3-4,6-9H,2,5,10-12H2,1H3,(H,19,20). The van der Waals surface area contributed by atoms with Gasteiger partial charge in [0.05, 0.1) is 5.02 Å². The van der Waals surface area contributed by atoms with E-state index in [1.54, 1.807) is 24.3 Å². The van der Waals surface area contributed by atoms with Crippen LogP contribution in [0.2, 0.25) is 5.02 Å². The van der Waals surface area contributed by atoms with Crippen molar-refractivity contribution in [2.24, 2.45) is 0 Å². The van der Waals surface area contributed by atoms with Gasteiger partial charge in [0.15, 0.2) is 5.76 Å². The van der Waals surface area contributed by atoms with E-state index >= 15 is 0 Å². The Morgan fingerprint density at radius 1 is 1.26 bits per heavy atom. The molecule has 23 heavy (non-hydrogen) atoms. The Bertz CT molecular complexity index is 627. The molecule has 1 N–H and O–H groups in total. The summed E-state index contributed by atoms with van der Waals surface area (Å²) in [5.74, 6) is 1.15. The Morgan fingerprint density at radius 3 is 2.87 bits per heavy atom. The second-order valence-electron chi connectivity index (χ2n) is 4.79. The van der Waals surface area contributed by atoms with E-state index in [4.69, 9.17) is 25.5 Å². The van der Waals surface area contributed by atoms with Crippen LogP contribution < -0.4 is 10.1 Å². The molecule has 0 saturated heterocycles. The Balaban J connectivity index is 1.78. The van der Waals surface area contributed by atoms with E-state index in [2.05, 4.69) is 5.32 Å². The highest BCUT2D eigenvalue weighted by Gasteiger charge is 2.11. The van der Waals surface area contributed by atoms with Crippen LogP contribution in [0.15, 0.2) is 40.8 Å². The van der Waals surface area contributed by atoms with Gasteiger partial charge in [-0.05, 0) is 37.6 Å². The van der Waals surface area contributed by atoms with Gasteiger partial charge in [-0.1, -0.05) is 23.7 Å². The van der Waals surface area contributed by atoms with Gasteiger partial charge in [-0.15, -0.1) is 0 Å². The Hall–Kier alpha value is -1.98. The Morgan fingerprint density at radius 2 is 2.09 bits per heavy atom. The van der Waals surface area contributed by atoms with Crippen molar-refractivity contribution in [2.75, 3.05) is 19.8 Å². The van der Waals surface area contributed by atoms with Crippen molar-refractivity contribution in [1.82, 2.24) is 5.32 Å². The molecule has 1 amide bonds. The van der Waals surface area contributed by atoms with E-state index < -0.39 is 0 Å². The summed E-state index contributed by atoms with van der Waals surface area (Å²) in [6, 6.07) is 10.5. The third-order valence-electron chi connectivity index (χ3n) is 3.05. The fraction of sp³-hybridized carbons (Fsp3) is 0.353. The lowest BCUT2D eigenvalue weighted by Crippen LogP contribution is -2.24. The van der Waals surface area contributed by atoms with Gasteiger partial charge in [-0.25, -0.2) is 0 Å². The summed E-state index contributed by atoms with van der Waals surface area (Å²) in [5.41, 5.74) is 0. The largest absolute Gasteiger partial charge is 0.484 e. The fourth-order valence-corrected chi connectivity index (χ4v) is 2.09. The van der Waals surface area contributed by atoms with Crippen molar-refractivity contribution in [1.29, 1.82) is 0 Å². The van der Waals surface area contributed by atoms with Crippen molar-refractivity contribution in [3.05, 3.63) is 52.9 Å². The SMILES string of the molecule is CCOCCCNC(=O)c1ccc(COc2ccccc2Cl)o1. The van der Waals surface area contributed by atoms with Gasteiger partial charge < -0.3 is 19.2 Å². The average molecular weight is 338 g/mol. The molecule has 5 nitrogen and oxygen atoms in total. The number of rotatable bonds is 9. The number of ether oxygens (including phenoxy) is 2. The van der Waals surface area contributed by atoms with Crippen LogP contribution in [0.4, 0.5) is 0 Å². The molecule has 0 aliphatic carbocycles. The highest BCUT2D eigenvalue weighted by Crippen LogP contribution is 2.24. The first-order chi connectivity index (χ1) is 11.2. The topological polar surface area (TPSA) is 60.7 Å². The van der Waals surface area contributed by atoms with Gasteiger partial charge in [-0.3, -0.25) is 4.79 Å². The van der Waals surface area contributed by atoms with E-state index in [1.165, 1.54) is 0 Å². The van der Waals surface area contributed by atoms with Crippen molar-refractivity contribution in [3.8, 4) is 5.75 Å². The molecule has 0 saturated carbocycles. The molecule has 1 heterocycles. The summed E-state index contributed by atoms with van der Waals surface area (Å²) < 4.78 is 16.2. The molecule has 1 aromatic heterocycles. The number of carbonyl (C=O) groups excluding carboxylic acids is 1. The summed E-state index contributed by atoms with van der Waals surface area (Å²) in [6.07, 6.45) is 0.767. The molecule has 2 rings (SSSR count). The van der Waals surface area contributed by atoms with Crippen molar-refractivity contribution in [2.45, 2.75) is 20.0 Å². The first kappa shape index (κ1) is 17.4. The number of hydrogen-bond donors (Lipinski definition) is 1. The summed E-state index contributed by atoms with van der Waals surface area (Å²) in [6.45, 7) is 4.01. The minimum Gasteiger partial charge on any atom is -0.484 e. The number of halogens is 1. The lowest BCUT2D eigenvalue weighted by molar-refractivity contribution is 0.0913. The Kier molecular flexibility index (Phi) is 6.97. The maximum absolute atomic E-state index is 11.9. The van der Waals surface area contributed by atoms with Crippen LogP contribution in [0.25, 0.3) is 0 Å². The fourth-order valence-electron chi connectivity index (χ4n) is 1.90. The zero-order valence-electron chi connectivity index (χ0n) is 13.0. The van der Waals surface area contributed by atoms with Crippen LogP contribution in [0.5, 0.6) is 5.75 Å². The summed E-state index contributed by atoms with van der Waals surface area (Å²) in [5, 5.41) is 3.31. The molecule has 0 unspecified atom stereocenters. The molecule has 0 bridgehead atoms. The molecule has 124 valence electrons. The van der Waals surface area contributed by atoms with Gasteiger partial charge in [-0.2, -0.15) is 0 Å². The highest BCUT2D eigenvalue weighted by atomic mass is 35.5. The van der Waals surface area contributed by atoms with Crippen molar-refractivity contribution in [3.63, 3.8) is 0 Å². The molecule has 0 fully saturated rings. The smallest absolute Gasteiger partial charge is 0.286 e. The zero-order valence-corrected chi connectivity index (χ0v) is 13.8. The van der Waals surface area contributed by atoms with Crippen LogP contribution in [0.3, 0.4) is 0 Å². The molecule has 0 atom stereocenters. The lowest BCUT2D eigenvalue weighted by Gasteiger charge is -2.06. The van der Waals surface area contributed by atoms with Gasteiger partial charge in [0.25, 0.3) is 5.91 Å². The van der Waals surface area contributed by atoms with E-state index in [9.17, 15) is 4.79 Å². The number of para-hydroxylation sites is 1. The Labute approximate surface area is 140 Å². The van der Waals surface area contributed by atoms with E-state index in [0.717, 1.165) is 6.42 Å². The second kappa shape index (κ2) is 9.22. The molecule has 0 spiro atoms. The molecular weight excluding hydrogens is 318 g/mol. The van der Waals surface area contributed by atoms with Crippen molar-refractivity contribution < 1.29 is 18.7 Å². The normalized spacial score (nSPS) is 10.5. The molecule has 0 aliphatic heterocycles. The first-order valence-corrected chi connectivity index (χ1v) is 7.90. The predicted octanol–water partition coefficient (Wildman–Crippen LogP) is 3.67. The highest BCUT2D eigenvalue weighted by molar-refractivity contribution is 6.32. The number of nitrogens with one attached hydrogen (secondary N) is 1. The lowest BCUT2D eigenvalue weighted by atomic mass is 10.3. The minimum atomic E-state index is -0.245. The number of amides is 1. The number of carbonyl (C=O) groups is 1. The van der Waals surface area contributed by atoms with Crippen LogP contribution in [-0.2, 0) is 11.3 Å². The van der Waals surface area contributed by atoms with Gasteiger partial charge in [0.2, 0.25) is 0 Å². The van der Waals surface area contributed by atoms with Gasteiger partial charge >= 0.3 is 0 Å².